The highest BCUT2D eigenvalue weighted by Crippen LogP contribution is 2.29. The zero-order chi connectivity index (χ0) is 36.8. The second kappa shape index (κ2) is 15.2. The number of nitrogens with two attached hydrogens (primary N) is 4. The Bertz CT molecular complexity index is 2370. The summed E-state index contributed by atoms with van der Waals surface area (Å²) in [6.07, 6.45) is 0.794. The lowest BCUT2D eigenvalue weighted by molar-refractivity contribution is 0.112. The van der Waals surface area contributed by atoms with Crippen molar-refractivity contribution in [2.45, 2.75) is 13.8 Å². The fraction of sp³-hybridized carbons (Fsp3) is 0.0714. The van der Waals surface area contributed by atoms with Crippen molar-refractivity contribution in [3.8, 4) is 39.7 Å². The number of hydrogen-bond donors (Lipinski definition) is 6. The Morgan fingerprint density at radius 1 is 0.538 bits per heavy atom. The fourth-order valence-corrected chi connectivity index (χ4v) is 5.56. The maximum Gasteiger partial charge on any atom is 0.150 e. The van der Waals surface area contributed by atoms with Gasteiger partial charge in [-0.15, -0.1) is 0 Å². The van der Waals surface area contributed by atoms with Gasteiger partial charge in [-0.3, -0.25) is 4.79 Å². The Morgan fingerprint density at radius 3 is 1.50 bits per heavy atom. The largest absolute Gasteiger partial charge is 0.497 e. The third kappa shape index (κ3) is 8.03. The molecule has 10 heteroatoms. The van der Waals surface area contributed by atoms with Crippen LogP contribution in [0.2, 0.25) is 0 Å². The lowest BCUT2D eigenvalue weighted by Gasteiger charge is -2.07. The van der Waals surface area contributed by atoms with Crippen LogP contribution < -0.4 is 27.7 Å². The summed E-state index contributed by atoms with van der Waals surface area (Å²) in [7, 11) is 1.57. The van der Waals surface area contributed by atoms with Crippen LogP contribution in [0, 0.1) is 13.8 Å². The monoisotopic (exact) mass is 688 g/mol. The minimum atomic E-state index is 0.563. The van der Waals surface area contributed by atoms with Crippen molar-refractivity contribution >= 4 is 51.1 Å². The number of nitrogen functional groups attached to an aromatic ring is 4. The molecule has 0 saturated carbocycles. The van der Waals surface area contributed by atoms with Gasteiger partial charge in [0.15, 0.2) is 0 Å². The van der Waals surface area contributed by atoms with Crippen molar-refractivity contribution in [3.63, 3.8) is 0 Å². The standard InChI is InChI=1S/C22H18N4.C12H14N4.C8H8O2/c1-13-6-8-17-19(10-13)25-21(23-17)15-4-3-5-16(12-15)22-24-18-9-7-14(2)11-20(18)26-22;13-9-3-1-7(5-11(9)15)8-2-4-10(14)12(16)6-8;1-10-8-4-2-3-7(5-8)6-9/h3-12H,1-2H3,(H,23,25)(H,24,26);1-6H,13-16H2;2-6H,1H3. The van der Waals surface area contributed by atoms with E-state index in [-0.39, 0.29) is 0 Å². The van der Waals surface area contributed by atoms with E-state index >= 15 is 0 Å². The van der Waals surface area contributed by atoms with Gasteiger partial charge in [-0.25, -0.2) is 9.97 Å². The highest BCUT2D eigenvalue weighted by Gasteiger charge is 2.10. The average molecular weight is 689 g/mol. The summed E-state index contributed by atoms with van der Waals surface area (Å²) < 4.78 is 4.90. The maximum absolute atomic E-state index is 10.2. The Morgan fingerprint density at radius 2 is 1.04 bits per heavy atom. The molecule has 0 fully saturated rings. The van der Waals surface area contributed by atoms with Crippen molar-refractivity contribution in [2.75, 3.05) is 30.0 Å². The second-order valence-corrected chi connectivity index (χ2v) is 12.4. The number of aromatic amines is 2. The van der Waals surface area contributed by atoms with Crippen LogP contribution in [0.3, 0.4) is 0 Å². The number of methoxy groups -OCH3 is 1. The lowest BCUT2D eigenvalue weighted by atomic mass is 10.0. The molecule has 52 heavy (non-hydrogen) atoms. The topological polar surface area (TPSA) is 188 Å². The molecule has 8 rings (SSSR count). The van der Waals surface area contributed by atoms with Gasteiger partial charge in [-0.1, -0.05) is 54.6 Å². The molecule has 6 aromatic carbocycles. The summed E-state index contributed by atoms with van der Waals surface area (Å²) in [6, 6.07) is 38.8. The number of nitrogens with zero attached hydrogens (tertiary/aromatic N) is 2. The van der Waals surface area contributed by atoms with Gasteiger partial charge in [0.05, 0.1) is 51.9 Å². The van der Waals surface area contributed by atoms with Crippen LogP contribution in [-0.4, -0.2) is 33.3 Å². The molecule has 260 valence electrons. The molecule has 0 atom stereocenters. The molecule has 2 aromatic heterocycles. The molecule has 10 N–H and O–H groups in total. The van der Waals surface area contributed by atoms with Gasteiger partial charge in [0.25, 0.3) is 0 Å². The van der Waals surface area contributed by atoms with E-state index in [1.807, 2.05) is 30.3 Å². The van der Waals surface area contributed by atoms with E-state index in [1.54, 1.807) is 43.5 Å². The number of carbonyl (C=O) groups excluding carboxylic acids is 1. The number of anilines is 4. The fourth-order valence-electron chi connectivity index (χ4n) is 5.56. The molecular formula is C42H40N8O2. The molecule has 0 amide bonds. The Kier molecular flexibility index (Phi) is 10.2. The zero-order valence-corrected chi connectivity index (χ0v) is 29.1. The quantitative estimate of drug-likeness (QED) is 0.0766. The molecular weight excluding hydrogens is 649 g/mol. The summed E-state index contributed by atoms with van der Waals surface area (Å²) in [5.74, 6) is 2.46. The summed E-state index contributed by atoms with van der Waals surface area (Å²) >= 11 is 0. The van der Waals surface area contributed by atoms with Crippen molar-refractivity contribution < 1.29 is 9.53 Å². The summed E-state index contributed by atoms with van der Waals surface area (Å²) in [6.45, 7) is 4.17. The van der Waals surface area contributed by atoms with E-state index in [9.17, 15) is 4.79 Å². The predicted molar refractivity (Wildman–Crippen MR) is 214 cm³/mol. The van der Waals surface area contributed by atoms with Crippen molar-refractivity contribution in [1.29, 1.82) is 0 Å². The first-order valence-electron chi connectivity index (χ1n) is 16.5. The van der Waals surface area contributed by atoms with Crippen molar-refractivity contribution in [3.05, 3.63) is 138 Å². The van der Waals surface area contributed by atoms with Gasteiger partial charge in [-0.2, -0.15) is 0 Å². The lowest BCUT2D eigenvalue weighted by Crippen LogP contribution is -1.96. The number of ether oxygens (including phenoxy) is 1. The number of H-pyrrole nitrogens is 2. The van der Waals surface area contributed by atoms with Crippen LogP contribution in [0.25, 0.3) is 56.0 Å². The van der Waals surface area contributed by atoms with E-state index in [2.05, 4.69) is 78.4 Å². The number of aldehydes is 1. The highest BCUT2D eigenvalue weighted by molar-refractivity contribution is 5.83. The van der Waals surface area contributed by atoms with Gasteiger partial charge in [0.2, 0.25) is 0 Å². The van der Waals surface area contributed by atoms with Gasteiger partial charge in [-0.05, 0) is 103 Å². The Hall–Kier alpha value is -7.07. The van der Waals surface area contributed by atoms with Crippen molar-refractivity contribution in [2.24, 2.45) is 0 Å². The number of fused-ring (bicyclic) bond motifs is 2. The summed E-state index contributed by atoms with van der Waals surface area (Å²) in [5, 5.41) is 0. The van der Waals surface area contributed by atoms with E-state index in [4.69, 9.17) is 37.6 Å². The summed E-state index contributed by atoms with van der Waals surface area (Å²) in [5.41, 5.74) is 36.3. The van der Waals surface area contributed by atoms with Crippen LogP contribution in [0.5, 0.6) is 5.75 Å². The molecule has 8 aromatic rings. The zero-order valence-electron chi connectivity index (χ0n) is 29.1. The molecule has 0 aliphatic heterocycles. The number of benzene rings is 6. The molecule has 0 bridgehead atoms. The number of nitrogens with one attached hydrogen (secondary N) is 2. The molecule has 0 aliphatic rings. The summed E-state index contributed by atoms with van der Waals surface area (Å²) in [4.78, 5) is 26.5. The van der Waals surface area contributed by atoms with Crippen LogP contribution in [-0.2, 0) is 0 Å². The minimum absolute atomic E-state index is 0.563. The smallest absolute Gasteiger partial charge is 0.150 e. The van der Waals surface area contributed by atoms with Gasteiger partial charge in [0.1, 0.15) is 23.7 Å². The molecule has 0 spiro atoms. The molecule has 0 saturated heterocycles. The van der Waals surface area contributed by atoms with Crippen LogP contribution in [0.1, 0.15) is 21.5 Å². The molecule has 0 aliphatic carbocycles. The van der Waals surface area contributed by atoms with Crippen molar-refractivity contribution in [1.82, 2.24) is 19.9 Å². The molecule has 10 nitrogen and oxygen atoms in total. The Labute approximate surface area is 301 Å². The first-order chi connectivity index (χ1) is 25.1. The predicted octanol–water partition coefficient (Wildman–Crippen LogP) is 8.58. The second-order valence-electron chi connectivity index (χ2n) is 12.4. The van der Waals surface area contributed by atoms with E-state index < -0.39 is 0 Å². The van der Waals surface area contributed by atoms with E-state index in [0.29, 0.717) is 34.1 Å². The number of carbonyl (C=O) groups is 1. The number of rotatable bonds is 5. The normalized spacial score (nSPS) is 10.6. The van der Waals surface area contributed by atoms with E-state index in [0.717, 1.165) is 62.3 Å². The first-order valence-corrected chi connectivity index (χ1v) is 16.5. The highest BCUT2D eigenvalue weighted by atomic mass is 16.5. The third-order valence-electron chi connectivity index (χ3n) is 8.42. The number of imidazole rings is 2. The number of aryl methyl sites for hydroxylation is 2. The third-order valence-corrected chi connectivity index (χ3v) is 8.42. The first kappa shape index (κ1) is 34.8. The van der Waals surface area contributed by atoms with Crippen LogP contribution in [0.4, 0.5) is 22.7 Å². The van der Waals surface area contributed by atoms with E-state index in [1.165, 1.54) is 11.1 Å². The van der Waals surface area contributed by atoms with Gasteiger partial charge < -0.3 is 37.6 Å². The minimum Gasteiger partial charge on any atom is -0.497 e. The van der Waals surface area contributed by atoms with Gasteiger partial charge in [0, 0.05) is 16.7 Å². The SMILES string of the molecule is COc1cccc(C=O)c1.Cc1ccc2nc(-c3cccc(-c4nc5ccc(C)cc5[nH]4)c3)[nH]c2c1.Nc1ccc(-c2ccc(N)c(N)c2)cc1N. The van der Waals surface area contributed by atoms with Gasteiger partial charge >= 0.3 is 0 Å². The Balaban J connectivity index is 0.000000152. The number of hydrogen-bond acceptors (Lipinski definition) is 8. The molecule has 0 radical (unpaired) electrons. The van der Waals surface area contributed by atoms with Crippen LogP contribution >= 0.6 is 0 Å². The number of aromatic nitrogens is 4. The molecule has 2 heterocycles. The maximum atomic E-state index is 10.2. The average Bonchev–Trinajstić information content (AvgIpc) is 3.78. The van der Waals surface area contributed by atoms with Crippen LogP contribution in [0.15, 0.2) is 121 Å². The molecule has 0 unspecified atom stereocenters.